The fraction of sp³-hybridized carbons (Fsp3) is 0.579. The molecule has 1 atom stereocenters. The second-order valence-electron chi connectivity index (χ2n) is 6.15. The number of benzene rings is 1. The summed E-state index contributed by atoms with van der Waals surface area (Å²) in [5.41, 5.74) is 1.10. The second-order valence-corrected chi connectivity index (χ2v) is 6.15. The first-order valence-electron chi connectivity index (χ1n) is 9.22. The van der Waals surface area contributed by atoms with E-state index in [0.29, 0.717) is 38.7 Å². The third-order valence-electron chi connectivity index (χ3n) is 4.06. The summed E-state index contributed by atoms with van der Waals surface area (Å²) in [7, 11) is 1.72. The lowest BCUT2D eigenvalue weighted by Crippen LogP contribution is -2.39. The Morgan fingerprint density at radius 1 is 1.22 bits per heavy atom. The van der Waals surface area contributed by atoms with E-state index in [0.717, 1.165) is 31.6 Å². The molecule has 2 rings (SSSR count). The van der Waals surface area contributed by atoms with Gasteiger partial charge in [-0.25, -0.2) is 0 Å². The molecule has 1 aliphatic rings. The van der Waals surface area contributed by atoms with Crippen LogP contribution in [0.25, 0.3) is 0 Å². The van der Waals surface area contributed by atoms with Crippen LogP contribution >= 0.6 is 24.0 Å². The van der Waals surface area contributed by atoms with Crippen LogP contribution in [0.5, 0.6) is 0 Å². The van der Waals surface area contributed by atoms with Crippen molar-refractivity contribution in [3.05, 3.63) is 35.9 Å². The molecule has 0 aromatic heterocycles. The number of halogens is 1. The Morgan fingerprint density at radius 2 is 2.00 bits per heavy atom. The van der Waals surface area contributed by atoms with Crippen LogP contribution in [-0.2, 0) is 20.8 Å². The van der Waals surface area contributed by atoms with Crippen molar-refractivity contribution in [1.82, 2.24) is 16.0 Å². The first kappa shape index (κ1) is 23.6. The number of amides is 1. The quantitative estimate of drug-likeness (QED) is 0.201. The van der Waals surface area contributed by atoms with Gasteiger partial charge in [0.25, 0.3) is 0 Å². The molecule has 1 amide bonds. The lowest BCUT2D eigenvalue weighted by Gasteiger charge is -2.13. The molecule has 0 bridgehead atoms. The smallest absolute Gasteiger partial charge is 0.222 e. The zero-order valence-corrected chi connectivity index (χ0v) is 18.2. The summed E-state index contributed by atoms with van der Waals surface area (Å²) < 4.78 is 11.0. The summed E-state index contributed by atoms with van der Waals surface area (Å²) in [6, 6.07) is 9.88. The van der Waals surface area contributed by atoms with Gasteiger partial charge in [0.1, 0.15) is 0 Å². The highest BCUT2D eigenvalue weighted by Gasteiger charge is 2.15. The Labute approximate surface area is 178 Å². The van der Waals surface area contributed by atoms with Gasteiger partial charge in [0.05, 0.1) is 12.7 Å². The average Bonchev–Trinajstić information content (AvgIpc) is 3.19. The molecule has 27 heavy (non-hydrogen) atoms. The number of hydrogen-bond acceptors (Lipinski definition) is 4. The van der Waals surface area contributed by atoms with Crippen molar-refractivity contribution in [3.8, 4) is 0 Å². The number of carbonyl (C=O) groups is 1. The van der Waals surface area contributed by atoms with Crippen LogP contribution < -0.4 is 16.0 Å². The number of hydrogen-bond donors (Lipinski definition) is 3. The van der Waals surface area contributed by atoms with E-state index >= 15 is 0 Å². The van der Waals surface area contributed by atoms with Gasteiger partial charge < -0.3 is 25.4 Å². The van der Waals surface area contributed by atoms with E-state index < -0.39 is 0 Å². The maximum Gasteiger partial charge on any atom is 0.222 e. The number of carbonyl (C=O) groups excluding carboxylic acids is 1. The Balaban J connectivity index is 0.00000364. The van der Waals surface area contributed by atoms with Gasteiger partial charge in [0.15, 0.2) is 5.96 Å². The van der Waals surface area contributed by atoms with E-state index in [2.05, 4.69) is 20.9 Å². The van der Waals surface area contributed by atoms with E-state index in [4.69, 9.17) is 9.47 Å². The minimum absolute atomic E-state index is 0. The van der Waals surface area contributed by atoms with Crippen LogP contribution in [0, 0.1) is 0 Å². The molecule has 1 fully saturated rings. The van der Waals surface area contributed by atoms with Crippen LogP contribution in [0.2, 0.25) is 0 Å². The molecule has 8 heteroatoms. The van der Waals surface area contributed by atoms with Crippen molar-refractivity contribution < 1.29 is 14.3 Å². The lowest BCUT2D eigenvalue weighted by molar-refractivity contribution is -0.121. The van der Waals surface area contributed by atoms with E-state index in [1.165, 1.54) is 0 Å². The SMILES string of the molecule is CN=C(NCCCOC1CCOC1)NCCC(=O)NCc1ccccc1.I. The number of rotatable bonds is 10. The molecule has 0 radical (unpaired) electrons. The first-order chi connectivity index (χ1) is 12.8. The van der Waals surface area contributed by atoms with E-state index in [9.17, 15) is 4.79 Å². The average molecular weight is 490 g/mol. The maximum absolute atomic E-state index is 11.9. The highest BCUT2D eigenvalue weighted by atomic mass is 127. The largest absolute Gasteiger partial charge is 0.379 e. The Kier molecular flexibility index (Phi) is 12.8. The topological polar surface area (TPSA) is 84.0 Å². The van der Waals surface area contributed by atoms with Crippen LogP contribution in [0.15, 0.2) is 35.3 Å². The number of ether oxygens (including phenoxy) is 2. The number of guanidine groups is 1. The third kappa shape index (κ3) is 10.5. The van der Waals surface area contributed by atoms with Gasteiger partial charge in [-0.2, -0.15) is 0 Å². The van der Waals surface area contributed by atoms with Crippen molar-refractivity contribution in [1.29, 1.82) is 0 Å². The molecule has 3 N–H and O–H groups in total. The van der Waals surface area contributed by atoms with Crippen molar-refractivity contribution in [2.75, 3.05) is 40.0 Å². The molecule has 1 saturated heterocycles. The van der Waals surface area contributed by atoms with Gasteiger partial charge in [0, 0.05) is 46.3 Å². The van der Waals surface area contributed by atoms with Crippen molar-refractivity contribution >= 4 is 35.8 Å². The fourth-order valence-electron chi connectivity index (χ4n) is 2.57. The Morgan fingerprint density at radius 3 is 2.70 bits per heavy atom. The minimum Gasteiger partial charge on any atom is -0.379 e. The van der Waals surface area contributed by atoms with Crippen LogP contribution in [0.4, 0.5) is 0 Å². The van der Waals surface area contributed by atoms with Gasteiger partial charge >= 0.3 is 0 Å². The summed E-state index contributed by atoms with van der Waals surface area (Å²) in [5, 5.41) is 9.28. The molecule has 1 unspecified atom stereocenters. The standard InChI is InChI=1S/C19H30N4O3.HI/c1-20-19(21-10-5-12-26-17-9-13-25-15-17)22-11-8-18(24)23-14-16-6-3-2-4-7-16;/h2-4,6-7,17H,5,8-15H2,1H3,(H,23,24)(H2,20,21,22);1H. The maximum atomic E-state index is 11.9. The van der Waals surface area contributed by atoms with Gasteiger partial charge in [-0.3, -0.25) is 9.79 Å². The summed E-state index contributed by atoms with van der Waals surface area (Å²) in [5.74, 6) is 0.717. The highest BCUT2D eigenvalue weighted by molar-refractivity contribution is 14.0. The lowest BCUT2D eigenvalue weighted by atomic mass is 10.2. The summed E-state index contributed by atoms with van der Waals surface area (Å²) in [4.78, 5) is 16.0. The second kappa shape index (κ2) is 14.6. The minimum atomic E-state index is 0. The molecule has 152 valence electrons. The monoisotopic (exact) mass is 490 g/mol. The molecule has 1 aromatic carbocycles. The predicted molar refractivity (Wildman–Crippen MR) is 117 cm³/mol. The first-order valence-corrected chi connectivity index (χ1v) is 9.22. The molecule has 0 saturated carbocycles. The fourth-order valence-corrected chi connectivity index (χ4v) is 2.57. The molecular formula is C19H31IN4O3. The number of nitrogens with zero attached hydrogens (tertiary/aromatic N) is 1. The van der Waals surface area contributed by atoms with Crippen molar-refractivity contribution in [3.63, 3.8) is 0 Å². The zero-order chi connectivity index (χ0) is 18.5. The van der Waals surface area contributed by atoms with E-state index in [1.54, 1.807) is 7.05 Å². The number of nitrogens with one attached hydrogen (secondary N) is 3. The van der Waals surface area contributed by atoms with Crippen LogP contribution in [0.3, 0.4) is 0 Å². The molecule has 0 aliphatic carbocycles. The molecule has 7 nitrogen and oxygen atoms in total. The van der Waals surface area contributed by atoms with Crippen molar-refractivity contribution in [2.24, 2.45) is 4.99 Å². The Hall–Kier alpha value is -1.39. The zero-order valence-electron chi connectivity index (χ0n) is 15.9. The molecular weight excluding hydrogens is 459 g/mol. The Bertz CT molecular complexity index is 551. The van der Waals surface area contributed by atoms with Crippen LogP contribution in [0.1, 0.15) is 24.8 Å². The van der Waals surface area contributed by atoms with Gasteiger partial charge in [-0.05, 0) is 18.4 Å². The third-order valence-corrected chi connectivity index (χ3v) is 4.06. The predicted octanol–water partition coefficient (Wildman–Crippen LogP) is 1.67. The van der Waals surface area contributed by atoms with Crippen LogP contribution in [-0.4, -0.2) is 57.9 Å². The van der Waals surface area contributed by atoms with E-state index in [-0.39, 0.29) is 36.0 Å². The number of aliphatic imine (C=N–C) groups is 1. The summed E-state index contributed by atoms with van der Waals surface area (Å²) in [6.45, 7) is 4.09. The van der Waals surface area contributed by atoms with Crippen molar-refractivity contribution in [2.45, 2.75) is 31.9 Å². The molecule has 0 spiro atoms. The summed E-state index contributed by atoms with van der Waals surface area (Å²) >= 11 is 0. The molecule has 1 aromatic rings. The normalized spacial score (nSPS) is 16.5. The molecule has 1 aliphatic heterocycles. The molecule has 1 heterocycles. The van der Waals surface area contributed by atoms with Gasteiger partial charge in [-0.15, -0.1) is 24.0 Å². The van der Waals surface area contributed by atoms with E-state index in [1.807, 2.05) is 30.3 Å². The van der Waals surface area contributed by atoms with Gasteiger partial charge in [0.2, 0.25) is 5.91 Å². The highest BCUT2D eigenvalue weighted by Crippen LogP contribution is 2.07. The van der Waals surface area contributed by atoms with Gasteiger partial charge in [-0.1, -0.05) is 30.3 Å². The summed E-state index contributed by atoms with van der Waals surface area (Å²) in [6.07, 6.45) is 2.54.